The zero-order valence-corrected chi connectivity index (χ0v) is 20.9. The fraction of sp³-hybridized carbons (Fsp3) is 0.615. The van der Waals surface area contributed by atoms with E-state index < -0.39 is 5.92 Å². The van der Waals surface area contributed by atoms with E-state index in [0.29, 0.717) is 30.4 Å². The maximum absolute atomic E-state index is 13.5. The van der Waals surface area contributed by atoms with Gasteiger partial charge in [0.05, 0.1) is 11.8 Å². The fourth-order valence-corrected chi connectivity index (χ4v) is 4.85. The Morgan fingerprint density at radius 3 is 2.53 bits per heavy atom. The number of aromatic nitrogens is 3. The van der Waals surface area contributed by atoms with Gasteiger partial charge in [0.15, 0.2) is 0 Å². The van der Waals surface area contributed by atoms with Crippen LogP contribution in [0.3, 0.4) is 0 Å². The number of benzene rings is 1. The first-order valence-electron chi connectivity index (χ1n) is 12.3. The number of hydrogen-bond acceptors (Lipinski definition) is 4. The van der Waals surface area contributed by atoms with Crippen LogP contribution in [0.5, 0.6) is 0 Å². The van der Waals surface area contributed by atoms with Crippen LogP contribution in [0, 0.1) is 24.1 Å². The van der Waals surface area contributed by atoms with Gasteiger partial charge in [0, 0.05) is 38.2 Å². The first-order valence-corrected chi connectivity index (χ1v) is 12.3. The molecule has 1 aliphatic carbocycles. The van der Waals surface area contributed by atoms with Crippen LogP contribution in [-0.2, 0) is 16.0 Å². The summed E-state index contributed by atoms with van der Waals surface area (Å²) in [7, 11) is 0. The molecule has 1 aromatic carbocycles. The van der Waals surface area contributed by atoms with Gasteiger partial charge in [0.25, 0.3) is 0 Å². The van der Waals surface area contributed by atoms with Crippen molar-refractivity contribution in [3.8, 4) is 0 Å². The van der Waals surface area contributed by atoms with Crippen LogP contribution in [0.1, 0.15) is 82.6 Å². The Kier molecular flexibility index (Phi) is 6.78. The number of nitrogens with zero attached hydrogens (tertiary/aromatic N) is 4. The Morgan fingerprint density at radius 1 is 1.18 bits per heavy atom. The molecule has 2 aliphatic rings. The highest BCUT2D eigenvalue weighted by Gasteiger charge is 2.44. The topological polar surface area (TPSA) is 80.1 Å². The highest BCUT2D eigenvalue weighted by molar-refractivity contribution is 5.94. The molecule has 1 aliphatic heterocycles. The molecule has 2 heterocycles. The summed E-state index contributed by atoms with van der Waals surface area (Å²) in [5.74, 6) is 0.550. The molecule has 2 amide bonds. The van der Waals surface area contributed by atoms with Crippen LogP contribution < -0.4 is 5.32 Å². The van der Waals surface area contributed by atoms with Crippen molar-refractivity contribution in [2.24, 2.45) is 11.3 Å². The van der Waals surface area contributed by atoms with Gasteiger partial charge in [-0.1, -0.05) is 20.8 Å². The largest absolute Gasteiger partial charge is 0.341 e. The average Bonchev–Trinajstić information content (AvgIpc) is 3.33. The van der Waals surface area contributed by atoms with Crippen LogP contribution in [0.2, 0.25) is 0 Å². The maximum Gasteiger partial charge on any atom is 0.230 e. The fourth-order valence-electron chi connectivity index (χ4n) is 4.85. The molecule has 2 aromatic rings. The number of nitrogens with one attached hydrogen (secondary N) is 1. The van der Waals surface area contributed by atoms with E-state index in [0.717, 1.165) is 43.8 Å². The summed E-state index contributed by atoms with van der Waals surface area (Å²) in [6.07, 6.45) is 5.17. The van der Waals surface area contributed by atoms with E-state index in [2.05, 4.69) is 40.9 Å². The molecule has 7 nitrogen and oxygen atoms in total. The lowest BCUT2D eigenvalue weighted by atomic mass is 9.90. The van der Waals surface area contributed by atoms with E-state index in [1.807, 2.05) is 0 Å². The van der Waals surface area contributed by atoms with E-state index in [1.165, 1.54) is 19.1 Å². The Bertz CT molecular complexity index is 1070. The Balaban J connectivity index is 1.59. The number of carbonyl (C=O) groups excluding carboxylic acids is 2. The number of halogens is 1. The number of likely N-dealkylation sites (tertiary alicyclic amines) is 1. The van der Waals surface area contributed by atoms with Crippen LogP contribution in [0.15, 0.2) is 18.2 Å². The summed E-state index contributed by atoms with van der Waals surface area (Å²) < 4.78 is 15.8. The number of carbonyl (C=O) groups is 2. The molecule has 0 bridgehead atoms. The maximum atomic E-state index is 13.5. The van der Waals surface area contributed by atoms with Crippen molar-refractivity contribution in [3.63, 3.8) is 0 Å². The molecular weight excluding hydrogens is 433 g/mol. The summed E-state index contributed by atoms with van der Waals surface area (Å²) in [5.41, 5.74) is 1.51. The van der Waals surface area contributed by atoms with Crippen molar-refractivity contribution in [1.29, 1.82) is 0 Å². The van der Waals surface area contributed by atoms with Crippen molar-refractivity contribution < 1.29 is 14.0 Å². The second kappa shape index (κ2) is 9.47. The standard InChI is InChI=1S/C26H36FN5O2/c1-16-13-18(27)8-11-22(16)28-25(34)21-15-31(17(2)33)14-20(21)24-30-29-23(32(24)19-9-10-19)7-6-12-26(3,4)5/h8,11,13,19-21H,6-7,9-10,12,14-15H2,1-5H3,(H,28,34)/t20-,21-/m0/s1. The molecule has 184 valence electrons. The molecule has 0 spiro atoms. The minimum Gasteiger partial charge on any atom is -0.341 e. The Hall–Kier alpha value is -2.77. The second-order valence-corrected chi connectivity index (χ2v) is 11.1. The van der Waals surface area contributed by atoms with E-state index in [9.17, 15) is 14.0 Å². The highest BCUT2D eigenvalue weighted by atomic mass is 19.1. The predicted octanol–water partition coefficient (Wildman–Crippen LogP) is 4.63. The third-order valence-corrected chi connectivity index (χ3v) is 6.91. The van der Waals surface area contributed by atoms with Crippen LogP contribution >= 0.6 is 0 Å². The molecule has 1 saturated carbocycles. The summed E-state index contributed by atoms with van der Waals surface area (Å²) >= 11 is 0. The van der Waals surface area contributed by atoms with Gasteiger partial charge < -0.3 is 14.8 Å². The van der Waals surface area contributed by atoms with E-state index >= 15 is 0 Å². The lowest BCUT2D eigenvalue weighted by Gasteiger charge is -2.20. The Labute approximate surface area is 201 Å². The van der Waals surface area contributed by atoms with Gasteiger partial charge in [-0.2, -0.15) is 0 Å². The molecule has 0 radical (unpaired) electrons. The molecule has 34 heavy (non-hydrogen) atoms. The zero-order valence-electron chi connectivity index (χ0n) is 20.9. The van der Waals surface area contributed by atoms with Gasteiger partial charge in [0.2, 0.25) is 11.8 Å². The minimum absolute atomic E-state index is 0.0545. The number of anilines is 1. The number of rotatable bonds is 7. The van der Waals surface area contributed by atoms with Crippen LogP contribution in [-0.4, -0.2) is 44.6 Å². The molecule has 1 aromatic heterocycles. The van der Waals surface area contributed by atoms with Crippen LogP contribution in [0.4, 0.5) is 10.1 Å². The number of hydrogen-bond donors (Lipinski definition) is 1. The predicted molar refractivity (Wildman–Crippen MR) is 129 cm³/mol. The van der Waals surface area contributed by atoms with Gasteiger partial charge >= 0.3 is 0 Å². The third-order valence-electron chi connectivity index (χ3n) is 6.91. The average molecular weight is 470 g/mol. The molecule has 8 heteroatoms. The first kappa shape index (κ1) is 24.4. The molecular formula is C26H36FN5O2. The molecule has 2 atom stereocenters. The molecule has 4 rings (SSSR count). The van der Waals surface area contributed by atoms with Gasteiger partial charge in [-0.25, -0.2) is 4.39 Å². The third kappa shape index (κ3) is 5.47. The number of aryl methyl sites for hydroxylation is 2. The summed E-state index contributed by atoms with van der Waals surface area (Å²) in [5, 5.41) is 12.1. The first-order chi connectivity index (χ1) is 16.0. The van der Waals surface area contributed by atoms with Crippen molar-refractivity contribution in [2.45, 2.75) is 78.7 Å². The summed E-state index contributed by atoms with van der Waals surface area (Å²) in [6, 6.07) is 4.69. The second-order valence-electron chi connectivity index (χ2n) is 11.1. The smallest absolute Gasteiger partial charge is 0.230 e. The quantitative estimate of drug-likeness (QED) is 0.641. The lowest BCUT2D eigenvalue weighted by Crippen LogP contribution is -2.31. The van der Waals surface area contributed by atoms with E-state index in [4.69, 9.17) is 0 Å². The lowest BCUT2D eigenvalue weighted by molar-refractivity contribution is -0.128. The van der Waals surface area contributed by atoms with Gasteiger partial charge in [-0.3, -0.25) is 9.59 Å². The Morgan fingerprint density at radius 2 is 1.91 bits per heavy atom. The van der Waals surface area contributed by atoms with E-state index in [1.54, 1.807) is 17.9 Å². The molecule has 0 unspecified atom stereocenters. The van der Waals surface area contributed by atoms with Gasteiger partial charge in [-0.05, 0) is 61.8 Å². The van der Waals surface area contributed by atoms with Gasteiger partial charge in [-0.15, -0.1) is 10.2 Å². The van der Waals surface area contributed by atoms with Crippen molar-refractivity contribution >= 4 is 17.5 Å². The summed E-state index contributed by atoms with van der Waals surface area (Å²) in [6.45, 7) is 10.8. The van der Waals surface area contributed by atoms with Crippen molar-refractivity contribution in [3.05, 3.63) is 41.2 Å². The van der Waals surface area contributed by atoms with Crippen molar-refractivity contribution in [2.75, 3.05) is 18.4 Å². The van der Waals surface area contributed by atoms with Crippen LogP contribution in [0.25, 0.3) is 0 Å². The molecule has 2 fully saturated rings. The zero-order chi connectivity index (χ0) is 24.6. The molecule has 1 N–H and O–H groups in total. The molecule has 1 saturated heterocycles. The van der Waals surface area contributed by atoms with E-state index in [-0.39, 0.29) is 29.0 Å². The summed E-state index contributed by atoms with van der Waals surface area (Å²) in [4.78, 5) is 27.3. The SMILES string of the molecule is CC(=O)N1C[C@H](C(=O)Nc2ccc(F)cc2C)[C@@H](c2nnc(CCCC(C)(C)C)n2C2CC2)C1. The van der Waals surface area contributed by atoms with Crippen molar-refractivity contribution in [1.82, 2.24) is 19.7 Å². The van der Waals surface area contributed by atoms with Gasteiger partial charge in [0.1, 0.15) is 17.5 Å². The normalized spacial score (nSPS) is 20.6. The highest BCUT2D eigenvalue weighted by Crippen LogP contribution is 2.41. The minimum atomic E-state index is -0.447. The number of amides is 2. The monoisotopic (exact) mass is 469 g/mol.